The normalized spacial score (nSPS) is 12.8. The van der Waals surface area contributed by atoms with E-state index in [4.69, 9.17) is 5.84 Å². The molecule has 0 aliphatic heterocycles. The van der Waals surface area contributed by atoms with E-state index in [1.165, 1.54) is 20.7 Å². The van der Waals surface area contributed by atoms with Gasteiger partial charge in [-0.25, -0.2) is 13.1 Å². The number of nitrogen functional groups attached to an aromatic ring is 1. The molecule has 0 saturated carbocycles. The van der Waals surface area contributed by atoms with Crippen molar-refractivity contribution in [2.24, 2.45) is 0 Å². The predicted molar refractivity (Wildman–Crippen MR) is 131 cm³/mol. The summed E-state index contributed by atoms with van der Waals surface area (Å²) in [5.41, 5.74) is 3.35. The molecule has 3 rings (SSSR count). The summed E-state index contributed by atoms with van der Waals surface area (Å²) in [5, 5.41) is 8.23. The molecule has 8 nitrogen and oxygen atoms in total. The van der Waals surface area contributed by atoms with Crippen LogP contribution in [0, 0.1) is 13.8 Å². The lowest BCUT2D eigenvalue weighted by molar-refractivity contribution is 0.0993. The number of carbonyl (C=O) groups is 1. The highest BCUT2D eigenvalue weighted by Gasteiger charge is 2.24. The van der Waals surface area contributed by atoms with Gasteiger partial charge in [0, 0.05) is 24.2 Å². The van der Waals surface area contributed by atoms with Crippen LogP contribution in [-0.4, -0.2) is 51.7 Å². The third-order valence-corrected chi connectivity index (χ3v) is 8.65. The second-order valence-corrected chi connectivity index (χ2v) is 11.0. The maximum absolute atomic E-state index is 12.9. The van der Waals surface area contributed by atoms with Crippen LogP contribution in [0.1, 0.15) is 42.3 Å². The summed E-state index contributed by atoms with van der Waals surface area (Å²) in [6.45, 7) is 10.1. The first-order valence-electron chi connectivity index (χ1n) is 10.7. The third-order valence-electron chi connectivity index (χ3n) is 5.54. The van der Waals surface area contributed by atoms with Crippen molar-refractivity contribution in [3.8, 4) is 11.4 Å². The molecule has 0 radical (unpaired) electrons. The van der Waals surface area contributed by atoms with E-state index in [1.807, 2.05) is 32.0 Å². The van der Waals surface area contributed by atoms with E-state index >= 15 is 0 Å². The Morgan fingerprint density at radius 1 is 1.09 bits per heavy atom. The molecule has 0 unspecified atom stereocenters. The smallest absolute Gasteiger partial charge is 0.243 e. The first kappa shape index (κ1) is 24.9. The zero-order valence-corrected chi connectivity index (χ0v) is 21.1. The van der Waals surface area contributed by atoms with Gasteiger partial charge in [0.1, 0.15) is 0 Å². The summed E-state index contributed by atoms with van der Waals surface area (Å²) in [7, 11) is -3.62. The van der Waals surface area contributed by atoms with Gasteiger partial charge in [0.05, 0.1) is 10.1 Å². The van der Waals surface area contributed by atoms with Crippen LogP contribution < -0.4 is 5.84 Å². The largest absolute Gasteiger partial charge is 0.335 e. The topological polar surface area (TPSA) is 111 Å². The minimum absolute atomic E-state index is 0.0278. The molecule has 0 bridgehead atoms. The van der Waals surface area contributed by atoms with Crippen molar-refractivity contribution >= 4 is 27.6 Å². The number of thioether (sulfide) groups is 1. The van der Waals surface area contributed by atoms with Crippen molar-refractivity contribution in [3.63, 3.8) is 0 Å². The van der Waals surface area contributed by atoms with Crippen molar-refractivity contribution in [1.29, 1.82) is 0 Å². The molecule has 33 heavy (non-hydrogen) atoms. The SMILES string of the molecule is CCN(CC)S(=O)(=O)c1cccc(-c2nnc(S[C@H](C)C(=O)c3ccc(C)c(C)c3)n2N)c1. The second kappa shape index (κ2) is 10.1. The van der Waals surface area contributed by atoms with Gasteiger partial charge in [-0.2, -0.15) is 4.31 Å². The Bertz CT molecular complexity index is 1270. The van der Waals surface area contributed by atoms with E-state index in [1.54, 1.807) is 45.0 Å². The lowest BCUT2D eigenvalue weighted by Gasteiger charge is -2.18. The molecule has 3 aromatic rings. The van der Waals surface area contributed by atoms with E-state index in [9.17, 15) is 13.2 Å². The Labute approximate surface area is 199 Å². The maximum atomic E-state index is 12.9. The number of hydrogen-bond acceptors (Lipinski definition) is 7. The molecule has 1 aromatic heterocycles. The van der Waals surface area contributed by atoms with Crippen molar-refractivity contribution in [3.05, 3.63) is 59.2 Å². The zero-order chi connectivity index (χ0) is 24.3. The summed E-state index contributed by atoms with van der Waals surface area (Å²) in [4.78, 5) is 13.1. The van der Waals surface area contributed by atoms with Gasteiger partial charge in [0.15, 0.2) is 11.6 Å². The molecule has 0 aliphatic rings. The molecule has 176 valence electrons. The lowest BCUT2D eigenvalue weighted by atomic mass is 10.0. The number of carbonyl (C=O) groups excluding carboxylic acids is 1. The molecule has 0 spiro atoms. The number of aromatic nitrogens is 3. The van der Waals surface area contributed by atoms with Gasteiger partial charge in [-0.1, -0.05) is 49.9 Å². The number of Topliss-reactive ketones (excluding diaryl/α,β-unsaturated/α-hetero) is 1. The fourth-order valence-electron chi connectivity index (χ4n) is 3.40. The van der Waals surface area contributed by atoms with Gasteiger partial charge in [-0.3, -0.25) is 4.79 Å². The van der Waals surface area contributed by atoms with Crippen LogP contribution in [0.15, 0.2) is 52.5 Å². The second-order valence-electron chi connectivity index (χ2n) is 7.72. The molecule has 1 heterocycles. The van der Waals surface area contributed by atoms with Gasteiger partial charge >= 0.3 is 0 Å². The Hall–Kier alpha value is -2.69. The van der Waals surface area contributed by atoms with Crippen molar-refractivity contribution < 1.29 is 13.2 Å². The van der Waals surface area contributed by atoms with Crippen LogP contribution in [0.2, 0.25) is 0 Å². The minimum atomic E-state index is -3.62. The molecular formula is C23H29N5O3S2. The minimum Gasteiger partial charge on any atom is -0.335 e. The molecule has 0 saturated heterocycles. The van der Waals surface area contributed by atoms with Crippen LogP contribution in [0.3, 0.4) is 0 Å². The molecule has 0 fully saturated rings. The average molecular weight is 488 g/mol. The highest BCUT2D eigenvalue weighted by Crippen LogP contribution is 2.28. The number of aryl methyl sites for hydroxylation is 2. The number of ketones is 1. The highest BCUT2D eigenvalue weighted by atomic mass is 32.2. The first-order valence-corrected chi connectivity index (χ1v) is 13.0. The van der Waals surface area contributed by atoms with Crippen molar-refractivity contribution in [1.82, 2.24) is 19.2 Å². The van der Waals surface area contributed by atoms with Gasteiger partial charge in [-0.05, 0) is 50.1 Å². The fourth-order valence-corrected chi connectivity index (χ4v) is 5.76. The fraction of sp³-hybridized carbons (Fsp3) is 0.348. The van der Waals surface area contributed by atoms with Crippen molar-refractivity contribution in [2.75, 3.05) is 18.9 Å². The molecule has 0 aliphatic carbocycles. The number of nitrogens with zero attached hydrogens (tertiary/aromatic N) is 4. The molecule has 2 aromatic carbocycles. The van der Waals surface area contributed by atoms with Crippen molar-refractivity contribution in [2.45, 2.75) is 49.9 Å². The molecule has 2 N–H and O–H groups in total. The van der Waals surface area contributed by atoms with E-state index in [-0.39, 0.29) is 10.7 Å². The van der Waals surface area contributed by atoms with Crippen LogP contribution in [0.25, 0.3) is 11.4 Å². The summed E-state index contributed by atoms with van der Waals surface area (Å²) in [6.07, 6.45) is 0. The molecular weight excluding hydrogens is 458 g/mol. The van der Waals surface area contributed by atoms with Gasteiger partial charge in [0.25, 0.3) is 0 Å². The Kier molecular flexibility index (Phi) is 7.61. The zero-order valence-electron chi connectivity index (χ0n) is 19.4. The summed E-state index contributed by atoms with van der Waals surface area (Å²) >= 11 is 1.21. The van der Waals surface area contributed by atoms with Crippen LogP contribution in [0.5, 0.6) is 0 Å². The van der Waals surface area contributed by atoms with E-state index in [0.29, 0.717) is 35.2 Å². The lowest BCUT2D eigenvalue weighted by Crippen LogP contribution is -2.30. The number of rotatable bonds is 9. The van der Waals surface area contributed by atoms with Gasteiger partial charge in [0.2, 0.25) is 15.2 Å². The van der Waals surface area contributed by atoms with E-state index < -0.39 is 15.3 Å². The molecule has 0 amide bonds. The van der Waals surface area contributed by atoms with E-state index in [0.717, 1.165) is 11.1 Å². The predicted octanol–water partition coefficient (Wildman–Crippen LogP) is 3.67. The first-order chi connectivity index (χ1) is 15.6. The van der Waals surface area contributed by atoms with Crippen LogP contribution >= 0.6 is 11.8 Å². The maximum Gasteiger partial charge on any atom is 0.243 e. The summed E-state index contributed by atoms with van der Waals surface area (Å²) in [6, 6.07) is 12.1. The Morgan fingerprint density at radius 2 is 1.79 bits per heavy atom. The standard InChI is InChI=1S/C23H29N5O3S2/c1-6-27(7-2)33(30,31)20-10-8-9-19(14-20)22-25-26-23(28(22)24)32-17(5)21(29)18-12-11-15(3)16(4)13-18/h8-14,17H,6-7,24H2,1-5H3/t17-/m1/s1. The number of hydrogen-bond donors (Lipinski definition) is 1. The third kappa shape index (κ3) is 5.13. The quantitative estimate of drug-likeness (QED) is 0.278. The number of sulfonamides is 1. The number of benzene rings is 2. The van der Waals surface area contributed by atoms with Crippen LogP contribution in [0.4, 0.5) is 0 Å². The monoisotopic (exact) mass is 487 g/mol. The average Bonchev–Trinajstić information content (AvgIpc) is 3.15. The molecule has 10 heteroatoms. The van der Waals surface area contributed by atoms with Gasteiger partial charge < -0.3 is 5.84 Å². The summed E-state index contributed by atoms with van der Waals surface area (Å²) < 4.78 is 28.4. The number of nitrogens with two attached hydrogens (primary N) is 1. The summed E-state index contributed by atoms with van der Waals surface area (Å²) in [5.74, 6) is 6.53. The highest BCUT2D eigenvalue weighted by molar-refractivity contribution is 8.00. The van der Waals surface area contributed by atoms with Crippen LogP contribution in [-0.2, 0) is 10.0 Å². The Balaban J connectivity index is 1.85. The van der Waals surface area contributed by atoms with E-state index in [2.05, 4.69) is 10.2 Å². The Morgan fingerprint density at radius 3 is 2.42 bits per heavy atom. The van der Waals surface area contributed by atoms with Gasteiger partial charge in [-0.15, -0.1) is 10.2 Å². The molecule has 1 atom stereocenters.